The Balaban J connectivity index is 0.946. The van der Waals surface area contributed by atoms with Crippen molar-refractivity contribution >= 4 is 65.8 Å². The van der Waals surface area contributed by atoms with E-state index in [1.54, 1.807) is 0 Å². The van der Waals surface area contributed by atoms with Crippen molar-refractivity contribution in [3.05, 3.63) is 200 Å². The van der Waals surface area contributed by atoms with Crippen LogP contribution in [-0.4, -0.2) is 15.0 Å². The second kappa shape index (κ2) is 14.0. The number of fused-ring (bicyclic) bond motifs is 9. The number of aromatic nitrogens is 3. The van der Waals surface area contributed by atoms with Crippen LogP contribution < -0.4 is 0 Å². The maximum absolute atomic E-state index is 6.46. The minimum atomic E-state index is 0.546. The van der Waals surface area contributed by atoms with E-state index in [9.17, 15) is 0 Å². The monoisotopic (exact) mass is 807 g/mol. The fourth-order valence-corrected chi connectivity index (χ4v) is 9.21. The van der Waals surface area contributed by atoms with Crippen LogP contribution in [0.25, 0.3) is 133 Å². The van der Waals surface area contributed by atoms with Gasteiger partial charge in [-0.2, -0.15) is 0 Å². The van der Waals surface area contributed by atoms with Gasteiger partial charge in [0.15, 0.2) is 17.5 Å². The number of rotatable bonds is 6. The highest BCUT2D eigenvalue weighted by atomic mass is 16.3. The predicted molar refractivity (Wildman–Crippen MR) is 254 cm³/mol. The molecule has 0 aliphatic heterocycles. The van der Waals surface area contributed by atoms with E-state index >= 15 is 0 Å². The van der Waals surface area contributed by atoms with Gasteiger partial charge in [-0.3, -0.25) is 0 Å². The van der Waals surface area contributed by atoms with Gasteiger partial charge >= 0.3 is 0 Å². The molecule has 0 fully saturated rings. The smallest absolute Gasteiger partial charge is 0.167 e. The molecular formula is C57H33N3O3. The largest absolute Gasteiger partial charge is 0.456 e. The van der Waals surface area contributed by atoms with Crippen LogP contribution >= 0.6 is 0 Å². The van der Waals surface area contributed by atoms with E-state index in [0.29, 0.717) is 17.5 Å². The summed E-state index contributed by atoms with van der Waals surface area (Å²) in [6, 6.07) is 68.7. The van der Waals surface area contributed by atoms with Crippen molar-refractivity contribution in [2.24, 2.45) is 0 Å². The SMILES string of the molecule is c1ccc(-c2nc(-c3ccc(-c4c(-c5ccc(-c6cccc7c6oc6ccccc67)cc5)ccc5oc6ccccc6c45)cc3)nc(-c3cccc4c3oc3ccccc34)n2)cc1. The van der Waals surface area contributed by atoms with Crippen molar-refractivity contribution in [3.8, 4) is 67.5 Å². The molecule has 13 rings (SSSR count). The first-order valence-electron chi connectivity index (χ1n) is 21.0. The molecule has 6 heteroatoms. The summed E-state index contributed by atoms with van der Waals surface area (Å²) < 4.78 is 19.3. The highest BCUT2D eigenvalue weighted by Gasteiger charge is 2.21. The third-order valence-corrected chi connectivity index (χ3v) is 12.2. The van der Waals surface area contributed by atoms with Crippen molar-refractivity contribution in [2.75, 3.05) is 0 Å². The summed E-state index contributed by atoms with van der Waals surface area (Å²) in [5.41, 5.74) is 14.1. The lowest BCUT2D eigenvalue weighted by Crippen LogP contribution is -2.00. The van der Waals surface area contributed by atoms with E-state index in [0.717, 1.165) is 116 Å². The van der Waals surface area contributed by atoms with E-state index in [1.165, 1.54) is 0 Å². The highest BCUT2D eigenvalue weighted by molar-refractivity contribution is 6.16. The van der Waals surface area contributed by atoms with Crippen molar-refractivity contribution in [2.45, 2.75) is 0 Å². The maximum Gasteiger partial charge on any atom is 0.167 e. The Morgan fingerprint density at radius 2 is 0.714 bits per heavy atom. The molecule has 0 bridgehead atoms. The Hall–Kier alpha value is -8.61. The molecule has 0 aliphatic rings. The zero-order valence-electron chi connectivity index (χ0n) is 33.6. The molecular weight excluding hydrogens is 775 g/mol. The van der Waals surface area contributed by atoms with E-state index in [2.05, 4.69) is 115 Å². The van der Waals surface area contributed by atoms with E-state index in [4.69, 9.17) is 28.2 Å². The van der Waals surface area contributed by atoms with Crippen LogP contribution in [0, 0.1) is 0 Å². The molecule has 13 aromatic rings. The fraction of sp³-hybridized carbons (Fsp3) is 0. The van der Waals surface area contributed by atoms with Crippen LogP contribution in [0.1, 0.15) is 0 Å². The molecule has 6 nitrogen and oxygen atoms in total. The standard InChI is InChI=1S/C57H33N3O3/c1-2-12-37(13-3-1)55-58-56(60-57(59-55)46-20-11-19-44-42-15-5-8-22-48(42)63-54(44)46)38-30-28-36(29-31-38)51-39(32-33-50-52(51)45-16-6-9-23-49(45)61-50)34-24-26-35(27-25-34)40-17-10-18-43-41-14-4-7-21-47(41)62-53(40)43/h1-33H. The average Bonchev–Trinajstić information content (AvgIpc) is 4.06. The third kappa shape index (κ3) is 5.69. The lowest BCUT2D eigenvalue weighted by Gasteiger charge is -2.14. The molecule has 0 saturated carbocycles. The molecule has 0 N–H and O–H groups in total. The maximum atomic E-state index is 6.46. The van der Waals surface area contributed by atoms with Crippen molar-refractivity contribution < 1.29 is 13.3 Å². The zero-order valence-corrected chi connectivity index (χ0v) is 33.6. The van der Waals surface area contributed by atoms with Crippen molar-refractivity contribution in [1.82, 2.24) is 15.0 Å². The second-order valence-electron chi connectivity index (χ2n) is 15.8. The quantitative estimate of drug-likeness (QED) is 0.166. The molecule has 294 valence electrons. The number of para-hydroxylation sites is 5. The van der Waals surface area contributed by atoms with Crippen LogP contribution in [0.4, 0.5) is 0 Å². The summed E-state index contributed by atoms with van der Waals surface area (Å²) in [7, 11) is 0. The summed E-state index contributed by atoms with van der Waals surface area (Å²) in [6.45, 7) is 0. The van der Waals surface area contributed by atoms with E-state index in [-0.39, 0.29) is 0 Å². The van der Waals surface area contributed by atoms with Crippen LogP contribution in [0.2, 0.25) is 0 Å². The van der Waals surface area contributed by atoms with E-state index in [1.807, 2.05) is 84.9 Å². The van der Waals surface area contributed by atoms with Gasteiger partial charge in [-0.25, -0.2) is 15.0 Å². The molecule has 0 radical (unpaired) electrons. The minimum absolute atomic E-state index is 0.546. The van der Waals surface area contributed by atoms with Crippen molar-refractivity contribution in [3.63, 3.8) is 0 Å². The molecule has 0 atom stereocenters. The number of benzene rings is 9. The molecule has 4 heterocycles. The van der Waals surface area contributed by atoms with Gasteiger partial charge in [-0.05, 0) is 52.6 Å². The first-order valence-corrected chi connectivity index (χ1v) is 21.0. The number of furan rings is 3. The van der Waals surface area contributed by atoms with Gasteiger partial charge < -0.3 is 13.3 Å². The normalized spacial score (nSPS) is 11.8. The van der Waals surface area contributed by atoms with Crippen LogP contribution in [-0.2, 0) is 0 Å². The number of nitrogens with zero attached hydrogens (tertiary/aromatic N) is 3. The van der Waals surface area contributed by atoms with Gasteiger partial charge in [-0.1, -0.05) is 170 Å². The molecule has 0 saturated heterocycles. The first kappa shape index (κ1) is 35.2. The Labute approximate surface area is 360 Å². The lowest BCUT2D eigenvalue weighted by molar-refractivity contribution is 0.669. The van der Waals surface area contributed by atoms with Crippen LogP contribution in [0.5, 0.6) is 0 Å². The Morgan fingerprint density at radius 3 is 1.37 bits per heavy atom. The second-order valence-corrected chi connectivity index (χ2v) is 15.8. The average molecular weight is 808 g/mol. The first-order chi connectivity index (χ1) is 31.2. The lowest BCUT2D eigenvalue weighted by atomic mass is 9.89. The van der Waals surface area contributed by atoms with Gasteiger partial charge in [0, 0.05) is 54.6 Å². The summed E-state index contributed by atoms with van der Waals surface area (Å²) in [5, 5.41) is 6.44. The number of hydrogen-bond acceptors (Lipinski definition) is 6. The predicted octanol–water partition coefficient (Wildman–Crippen LogP) is 15.6. The fourth-order valence-electron chi connectivity index (χ4n) is 9.21. The summed E-state index contributed by atoms with van der Waals surface area (Å²) in [4.78, 5) is 15.2. The third-order valence-electron chi connectivity index (χ3n) is 12.2. The van der Waals surface area contributed by atoms with Gasteiger partial charge in [-0.15, -0.1) is 0 Å². The Bertz CT molecular complexity index is 3900. The summed E-state index contributed by atoms with van der Waals surface area (Å²) in [6.07, 6.45) is 0. The minimum Gasteiger partial charge on any atom is -0.456 e. The zero-order chi connectivity index (χ0) is 41.4. The van der Waals surface area contributed by atoms with Gasteiger partial charge in [0.05, 0.1) is 5.56 Å². The molecule has 4 aromatic heterocycles. The Kier molecular flexibility index (Phi) is 7.80. The van der Waals surface area contributed by atoms with E-state index < -0.39 is 0 Å². The highest BCUT2D eigenvalue weighted by Crippen LogP contribution is 2.44. The molecule has 0 amide bonds. The number of hydrogen-bond donors (Lipinski definition) is 0. The summed E-state index contributed by atoms with van der Waals surface area (Å²) >= 11 is 0. The molecule has 63 heavy (non-hydrogen) atoms. The van der Waals surface area contributed by atoms with Gasteiger partial charge in [0.1, 0.15) is 33.5 Å². The van der Waals surface area contributed by atoms with Crippen molar-refractivity contribution in [1.29, 1.82) is 0 Å². The van der Waals surface area contributed by atoms with Gasteiger partial charge in [0.2, 0.25) is 0 Å². The molecule has 0 aliphatic carbocycles. The summed E-state index contributed by atoms with van der Waals surface area (Å²) in [5.74, 6) is 1.70. The Morgan fingerprint density at radius 1 is 0.254 bits per heavy atom. The molecule has 0 spiro atoms. The molecule has 0 unspecified atom stereocenters. The van der Waals surface area contributed by atoms with Crippen LogP contribution in [0.3, 0.4) is 0 Å². The van der Waals surface area contributed by atoms with Gasteiger partial charge in [0.25, 0.3) is 0 Å². The molecule has 9 aromatic carbocycles. The van der Waals surface area contributed by atoms with Crippen LogP contribution in [0.15, 0.2) is 213 Å². The topological polar surface area (TPSA) is 78.1 Å².